The van der Waals surface area contributed by atoms with Gasteiger partial charge in [-0.25, -0.2) is 0 Å². The molecule has 1 fully saturated rings. The molecule has 126 valence electrons. The van der Waals surface area contributed by atoms with Crippen LogP contribution in [0.3, 0.4) is 0 Å². The van der Waals surface area contributed by atoms with E-state index in [1.165, 1.54) is 6.07 Å². The predicted molar refractivity (Wildman–Crippen MR) is 93.2 cm³/mol. The Kier molecular flexibility index (Phi) is 6.01. The van der Waals surface area contributed by atoms with E-state index in [-0.39, 0.29) is 17.6 Å². The number of thioether (sulfide) groups is 1. The van der Waals surface area contributed by atoms with Gasteiger partial charge in [0.1, 0.15) is 0 Å². The van der Waals surface area contributed by atoms with Crippen molar-refractivity contribution < 1.29 is 9.72 Å². The number of amides is 1. The van der Waals surface area contributed by atoms with Crippen LogP contribution < -0.4 is 0 Å². The lowest BCUT2D eigenvalue weighted by atomic mass is 10.0. The molecule has 0 aliphatic carbocycles. The number of nitrogens with zero attached hydrogens (tertiary/aromatic N) is 3. The molecular weight excluding hydrogens is 314 g/mol. The Hall–Kier alpha value is -1.60. The van der Waals surface area contributed by atoms with Crippen molar-refractivity contribution in [2.45, 2.75) is 19.4 Å². The van der Waals surface area contributed by atoms with Crippen molar-refractivity contribution in [2.75, 3.05) is 38.7 Å². The van der Waals surface area contributed by atoms with E-state index in [1.807, 2.05) is 30.8 Å². The van der Waals surface area contributed by atoms with Crippen molar-refractivity contribution in [1.82, 2.24) is 9.80 Å². The van der Waals surface area contributed by atoms with Gasteiger partial charge in [-0.05, 0) is 39.3 Å². The fourth-order valence-corrected chi connectivity index (χ4v) is 3.93. The molecule has 1 atom stereocenters. The number of nitro groups is 1. The summed E-state index contributed by atoms with van der Waals surface area (Å²) in [6, 6.07) is 4.85. The van der Waals surface area contributed by atoms with Gasteiger partial charge in [0, 0.05) is 36.0 Å². The number of carbonyl (C=O) groups is 1. The number of carbonyl (C=O) groups excluding carboxylic acids is 1. The van der Waals surface area contributed by atoms with Gasteiger partial charge in [-0.1, -0.05) is 6.07 Å². The standard InChI is InChI=1S/C16H23N3O3S/c1-12-14(6-4-7-15(12)19(21)22)16(20)18-8-5-9-23-11-13(18)10-17(2)3/h4,6-7,13H,5,8-11H2,1-3H3. The number of hydrogen-bond donors (Lipinski definition) is 0. The van der Waals surface area contributed by atoms with Crippen LogP contribution in [-0.4, -0.2) is 65.4 Å². The molecule has 0 N–H and O–H groups in total. The zero-order valence-electron chi connectivity index (χ0n) is 13.8. The van der Waals surface area contributed by atoms with Crippen LogP contribution in [0.15, 0.2) is 18.2 Å². The molecule has 6 nitrogen and oxygen atoms in total. The van der Waals surface area contributed by atoms with Crippen LogP contribution in [0.4, 0.5) is 5.69 Å². The molecule has 0 saturated carbocycles. The molecule has 1 amide bonds. The van der Waals surface area contributed by atoms with E-state index in [4.69, 9.17) is 0 Å². The van der Waals surface area contributed by atoms with Crippen molar-refractivity contribution in [2.24, 2.45) is 0 Å². The fourth-order valence-electron chi connectivity index (χ4n) is 2.88. The molecule has 1 saturated heterocycles. The first-order valence-corrected chi connectivity index (χ1v) is 8.84. The second kappa shape index (κ2) is 7.79. The van der Waals surface area contributed by atoms with Crippen LogP contribution in [-0.2, 0) is 0 Å². The number of benzene rings is 1. The Bertz CT molecular complexity index is 592. The molecule has 1 aliphatic heterocycles. The number of hydrogen-bond acceptors (Lipinski definition) is 5. The highest BCUT2D eigenvalue weighted by Gasteiger charge is 2.29. The summed E-state index contributed by atoms with van der Waals surface area (Å²) >= 11 is 1.87. The van der Waals surface area contributed by atoms with Gasteiger partial charge >= 0.3 is 0 Å². The Morgan fingerprint density at radius 3 is 2.87 bits per heavy atom. The van der Waals surface area contributed by atoms with Crippen molar-refractivity contribution in [3.05, 3.63) is 39.4 Å². The van der Waals surface area contributed by atoms with E-state index in [2.05, 4.69) is 4.90 Å². The first-order chi connectivity index (χ1) is 10.9. The second-order valence-electron chi connectivity index (χ2n) is 6.05. The van der Waals surface area contributed by atoms with Crippen LogP contribution in [0.2, 0.25) is 0 Å². The van der Waals surface area contributed by atoms with Gasteiger partial charge in [0.05, 0.1) is 11.0 Å². The summed E-state index contributed by atoms with van der Waals surface area (Å²) in [6.45, 7) is 3.15. The lowest BCUT2D eigenvalue weighted by molar-refractivity contribution is -0.385. The van der Waals surface area contributed by atoms with Gasteiger partial charge < -0.3 is 9.80 Å². The zero-order valence-corrected chi connectivity index (χ0v) is 14.6. The smallest absolute Gasteiger partial charge is 0.273 e. The van der Waals surface area contributed by atoms with Gasteiger partial charge in [-0.15, -0.1) is 0 Å². The van der Waals surface area contributed by atoms with Gasteiger partial charge in [-0.3, -0.25) is 14.9 Å². The van der Waals surface area contributed by atoms with Crippen LogP contribution in [0.5, 0.6) is 0 Å². The van der Waals surface area contributed by atoms with Crippen LogP contribution >= 0.6 is 11.8 Å². The van der Waals surface area contributed by atoms with Crippen molar-refractivity contribution in [3.8, 4) is 0 Å². The van der Waals surface area contributed by atoms with Gasteiger partial charge in [0.15, 0.2) is 0 Å². The minimum atomic E-state index is -0.429. The maximum atomic E-state index is 13.0. The first-order valence-electron chi connectivity index (χ1n) is 7.69. The maximum absolute atomic E-state index is 13.0. The topological polar surface area (TPSA) is 66.7 Å². The second-order valence-corrected chi connectivity index (χ2v) is 7.20. The molecule has 1 aromatic rings. The molecule has 7 heteroatoms. The average Bonchev–Trinajstić information content (AvgIpc) is 2.71. The van der Waals surface area contributed by atoms with Crippen molar-refractivity contribution in [3.63, 3.8) is 0 Å². The first kappa shape index (κ1) is 17.7. The van der Waals surface area contributed by atoms with E-state index in [0.29, 0.717) is 17.7 Å². The summed E-state index contributed by atoms with van der Waals surface area (Å²) in [5, 5.41) is 11.1. The third-order valence-corrected chi connectivity index (χ3v) is 5.21. The largest absolute Gasteiger partial charge is 0.334 e. The third-order valence-electron chi connectivity index (χ3n) is 4.01. The van der Waals surface area contributed by atoms with Gasteiger partial charge in [0.25, 0.3) is 11.6 Å². The molecule has 1 aliphatic rings. The summed E-state index contributed by atoms with van der Waals surface area (Å²) in [5.41, 5.74) is 0.891. The van der Waals surface area contributed by atoms with Crippen LogP contribution in [0, 0.1) is 17.0 Å². The summed E-state index contributed by atoms with van der Waals surface area (Å²) in [4.78, 5) is 27.7. The lowest BCUT2D eigenvalue weighted by Gasteiger charge is -2.32. The molecule has 0 spiro atoms. The Morgan fingerprint density at radius 1 is 1.48 bits per heavy atom. The molecule has 0 radical (unpaired) electrons. The highest BCUT2D eigenvalue weighted by Crippen LogP contribution is 2.25. The number of rotatable bonds is 4. The lowest BCUT2D eigenvalue weighted by Crippen LogP contribution is -2.46. The van der Waals surface area contributed by atoms with E-state index in [1.54, 1.807) is 19.1 Å². The van der Waals surface area contributed by atoms with Crippen molar-refractivity contribution >= 4 is 23.4 Å². The minimum Gasteiger partial charge on any atom is -0.334 e. The monoisotopic (exact) mass is 337 g/mol. The maximum Gasteiger partial charge on any atom is 0.273 e. The Balaban J connectivity index is 2.32. The van der Waals surface area contributed by atoms with E-state index >= 15 is 0 Å². The van der Waals surface area contributed by atoms with E-state index in [9.17, 15) is 14.9 Å². The molecule has 0 bridgehead atoms. The quantitative estimate of drug-likeness (QED) is 0.623. The van der Waals surface area contributed by atoms with E-state index < -0.39 is 4.92 Å². The number of nitro benzene ring substituents is 1. The zero-order chi connectivity index (χ0) is 17.0. The average molecular weight is 337 g/mol. The molecule has 2 rings (SSSR count). The molecule has 1 unspecified atom stereocenters. The van der Waals surface area contributed by atoms with Crippen molar-refractivity contribution in [1.29, 1.82) is 0 Å². The fraction of sp³-hybridized carbons (Fsp3) is 0.562. The highest BCUT2D eigenvalue weighted by atomic mass is 32.2. The predicted octanol–water partition coefficient (Wildman–Crippen LogP) is 2.41. The summed E-state index contributed by atoms with van der Waals surface area (Å²) in [5.74, 6) is 1.85. The SMILES string of the molecule is Cc1c(C(=O)N2CCCSCC2CN(C)C)cccc1[N+](=O)[O-]. The highest BCUT2D eigenvalue weighted by molar-refractivity contribution is 7.99. The number of likely N-dealkylation sites (N-methyl/N-ethyl adjacent to an activating group) is 1. The van der Waals surface area contributed by atoms with Gasteiger partial charge in [-0.2, -0.15) is 11.8 Å². The summed E-state index contributed by atoms with van der Waals surface area (Å²) in [7, 11) is 3.99. The molecule has 0 aromatic heterocycles. The Labute approximate surface area is 141 Å². The van der Waals surface area contributed by atoms with E-state index in [0.717, 1.165) is 24.5 Å². The molecule has 23 heavy (non-hydrogen) atoms. The molecule has 1 aromatic carbocycles. The summed E-state index contributed by atoms with van der Waals surface area (Å²) < 4.78 is 0. The molecular formula is C16H23N3O3S. The van der Waals surface area contributed by atoms with Crippen LogP contribution in [0.1, 0.15) is 22.3 Å². The third kappa shape index (κ3) is 4.23. The van der Waals surface area contributed by atoms with Gasteiger partial charge in [0.2, 0.25) is 0 Å². The van der Waals surface area contributed by atoms with Crippen LogP contribution in [0.25, 0.3) is 0 Å². The Morgan fingerprint density at radius 2 is 2.22 bits per heavy atom. The minimum absolute atomic E-state index is 0.00389. The summed E-state index contributed by atoms with van der Waals surface area (Å²) in [6.07, 6.45) is 0.953. The normalized spacial score (nSPS) is 18.8. The molecule has 1 heterocycles.